The monoisotopic (exact) mass is 318 g/mol. The predicted octanol–water partition coefficient (Wildman–Crippen LogP) is 2.09. The van der Waals surface area contributed by atoms with Crippen LogP contribution in [-0.4, -0.2) is 34.1 Å². The van der Waals surface area contributed by atoms with Crippen molar-refractivity contribution in [3.63, 3.8) is 0 Å². The second-order valence-corrected chi connectivity index (χ2v) is 7.08. The molecule has 0 atom stereocenters. The molecule has 0 aliphatic rings. The number of ether oxygens (including phenoxy) is 1. The van der Waals surface area contributed by atoms with E-state index in [1.807, 2.05) is 0 Å². The second kappa shape index (κ2) is 8.39. The molecule has 5 nitrogen and oxygen atoms in total. The minimum Gasteiger partial charge on any atom is -0.497 e. The normalized spacial score (nSPS) is 11.5. The molecule has 0 saturated carbocycles. The summed E-state index contributed by atoms with van der Waals surface area (Å²) in [5, 5.41) is 0. The Morgan fingerprint density at radius 1 is 1.30 bits per heavy atom. The Hall–Kier alpha value is -0.920. The first kappa shape index (κ1) is 17.1. The third kappa shape index (κ3) is 5.22. The lowest BCUT2D eigenvalue weighted by Gasteiger charge is -2.10. The van der Waals surface area contributed by atoms with E-state index < -0.39 is 10.0 Å². The van der Waals surface area contributed by atoms with Crippen molar-refractivity contribution in [3.8, 4) is 5.75 Å². The fourth-order valence-electron chi connectivity index (χ4n) is 1.73. The van der Waals surface area contributed by atoms with Gasteiger partial charge in [0, 0.05) is 12.6 Å². The van der Waals surface area contributed by atoms with Gasteiger partial charge in [0.05, 0.1) is 12.8 Å². The molecule has 0 amide bonds. The Balaban J connectivity index is 2.56. The fraction of sp³-hybridized carbons (Fsp3) is 0.538. The van der Waals surface area contributed by atoms with Gasteiger partial charge >= 0.3 is 0 Å². The summed E-state index contributed by atoms with van der Waals surface area (Å²) >= 11 is 1.80. The summed E-state index contributed by atoms with van der Waals surface area (Å²) in [6, 6.07) is 4.56. The maximum absolute atomic E-state index is 12.1. The summed E-state index contributed by atoms with van der Waals surface area (Å²) in [6.45, 7) is 0.433. The van der Waals surface area contributed by atoms with E-state index in [1.54, 1.807) is 17.8 Å². The first-order valence-corrected chi connectivity index (χ1v) is 9.31. The molecular weight excluding hydrogens is 296 g/mol. The molecule has 1 aromatic rings. The van der Waals surface area contributed by atoms with Gasteiger partial charge in [0.15, 0.2) is 0 Å². The number of benzene rings is 1. The van der Waals surface area contributed by atoms with Gasteiger partial charge in [0.25, 0.3) is 0 Å². The molecule has 0 heterocycles. The molecule has 7 heteroatoms. The molecule has 0 fully saturated rings. The van der Waals surface area contributed by atoms with E-state index in [0.29, 0.717) is 12.3 Å². The molecule has 0 aliphatic heterocycles. The van der Waals surface area contributed by atoms with Gasteiger partial charge in [-0.05, 0) is 37.0 Å². The third-order valence-corrected chi connectivity index (χ3v) is 5.06. The molecule has 114 valence electrons. The lowest BCUT2D eigenvalue weighted by Crippen LogP contribution is -2.25. The number of nitrogens with two attached hydrogens (primary N) is 1. The van der Waals surface area contributed by atoms with Crippen molar-refractivity contribution in [3.05, 3.63) is 18.2 Å². The maximum Gasteiger partial charge on any atom is 0.242 e. The molecule has 0 aliphatic carbocycles. The van der Waals surface area contributed by atoms with Crippen LogP contribution in [0.25, 0.3) is 0 Å². The predicted molar refractivity (Wildman–Crippen MR) is 84.8 cm³/mol. The summed E-state index contributed by atoms with van der Waals surface area (Å²) in [4.78, 5) is 0.0995. The lowest BCUT2D eigenvalue weighted by molar-refractivity contribution is 0.414. The number of hydrogen-bond donors (Lipinski definition) is 2. The number of hydrogen-bond acceptors (Lipinski definition) is 5. The Kier molecular flexibility index (Phi) is 7.18. The smallest absolute Gasteiger partial charge is 0.242 e. The Labute approximate surface area is 125 Å². The summed E-state index contributed by atoms with van der Waals surface area (Å²) in [5.74, 6) is 1.65. The number of anilines is 1. The molecule has 0 unspecified atom stereocenters. The molecule has 3 N–H and O–H groups in total. The number of nitrogen functional groups attached to an aromatic ring is 1. The Morgan fingerprint density at radius 3 is 2.65 bits per heavy atom. The average Bonchev–Trinajstić information content (AvgIpc) is 2.42. The van der Waals surface area contributed by atoms with Gasteiger partial charge in [-0.15, -0.1) is 0 Å². The zero-order valence-corrected chi connectivity index (χ0v) is 13.5. The van der Waals surface area contributed by atoms with Crippen molar-refractivity contribution in [1.82, 2.24) is 4.72 Å². The van der Waals surface area contributed by atoms with E-state index in [0.717, 1.165) is 25.0 Å². The molecule has 1 rings (SSSR count). The van der Waals surface area contributed by atoms with Gasteiger partial charge in [-0.3, -0.25) is 0 Å². The summed E-state index contributed by atoms with van der Waals surface area (Å²) in [5.41, 5.74) is 5.94. The van der Waals surface area contributed by atoms with Crippen molar-refractivity contribution in [2.45, 2.75) is 24.2 Å². The van der Waals surface area contributed by atoms with Crippen LogP contribution in [0.1, 0.15) is 19.3 Å². The SMILES string of the molecule is COc1ccc(S(=O)(=O)NCCCCCSC)c(N)c1. The minimum atomic E-state index is -3.54. The first-order valence-electron chi connectivity index (χ1n) is 6.43. The van der Waals surface area contributed by atoms with Crippen molar-refractivity contribution in [2.24, 2.45) is 0 Å². The van der Waals surface area contributed by atoms with Gasteiger partial charge in [-0.2, -0.15) is 11.8 Å². The van der Waals surface area contributed by atoms with Gasteiger partial charge in [0.1, 0.15) is 10.6 Å². The van der Waals surface area contributed by atoms with E-state index >= 15 is 0 Å². The minimum absolute atomic E-state index is 0.0995. The number of methoxy groups -OCH3 is 1. The van der Waals surface area contributed by atoms with E-state index in [2.05, 4.69) is 11.0 Å². The average molecular weight is 318 g/mol. The number of rotatable bonds is 9. The zero-order valence-electron chi connectivity index (χ0n) is 11.9. The largest absolute Gasteiger partial charge is 0.497 e. The van der Waals surface area contributed by atoms with Crippen LogP contribution in [0, 0.1) is 0 Å². The number of sulfonamides is 1. The zero-order chi connectivity index (χ0) is 15.0. The van der Waals surface area contributed by atoms with Crippen molar-refractivity contribution >= 4 is 27.5 Å². The van der Waals surface area contributed by atoms with Crippen LogP contribution in [0.15, 0.2) is 23.1 Å². The number of thioether (sulfide) groups is 1. The van der Waals surface area contributed by atoms with E-state index in [-0.39, 0.29) is 10.6 Å². The van der Waals surface area contributed by atoms with Crippen molar-refractivity contribution in [2.75, 3.05) is 31.4 Å². The molecule has 0 bridgehead atoms. The van der Waals surface area contributed by atoms with Crippen LogP contribution in [0.2, 0.25) is 0 Å². The van der Waals surface area contributed by atoms with Gasteiger partial charge in [-0.1, -0.05) is 6.42 Å². The molecule has 20 heavy (non-hydrogen) atoms. The highest BCUT2D eigenvalue weighted by Gasteiger charge is 2.17. The quantitative estimate of drug-likeness (QED) is 0.538. The van der Waals surface area contributed by atoms with E-state index in [1.165, 1.54) is 19.2 Å². The van der Waals surface area contributed by atoms with E-state index in [9.17, 15) is 8.42 Å². The van der Waals surface area contributed by atoms with Crippen LogP contribution < -0.4 is 15.2 Å². The van der Waals surface area contributed by atoms with Gasteiger partial charge in [-0.25, -0.2) is 13.1 Å². The first-order chi connectivity index (χ1) is 9.51. The standard InChI is InChI=1S/C13H22N2O3S2/c1-18-11-6-7-13(12(14)10-11)20(16,17)15-8-4-3-5-9-19-2/h6-7,10,15H,3-5,8-9,14H2,1-2H3. The van der Waals surface area contributed by atoms with E-state index in [4.69, 9.17) is 10.5 Å². The van der Waals surface area contributed by atoms with Gasteiger partial charge in [0.2, 0.25) is 10.0 Å². The molecule has 0 aromatic heterocycles. The van der Waals surface area contributed by atoms with Crippen LogP contribution in [-0.2, 0) is 10.0 Å². The Morgan fingerprint density at radius 2 is 2.05 bits per heavy atom. The topological polar surface area (TPSA) is 81.4 Å². The lowest BCUT2D eigenvalue weighted by atomic mass is 10.2. The van der Waals surface area contributed by atoms with Crippen LogP contribution in [0.3, 0.4) is 0 Å². The van der Waals surface area contributed by atoms with Crippen molar-refractivity contribution < 1.29 is 13.2 Å². The second-order valence-electron chi connectivity index (χ2n) is 4.35. The molecule has 0 spiro atoms. The highest BCUT2D eigenvalue weighted by molar-refractivity contribution is 7.98. The number of nitrogens with one attached hydrogen (secondary N) is 1. The van der Waals surface area contributed by atoms with Gasteiger partial charge < -0.3 is 10.5 Å². The fourth-order valence-corrected chi connectivity index (χ4v) is 3.41. The molecule has 0 radical (unpaired) electrons. The van der Waals surface area contributed by atoms with Crippen LogP contribution in [0.5, 0.6) is 5.75 Å². The summed E-state index contributed by atoms with van der Waals surface area (Å²) in [7, 11) is -2.03. The Bertz CT molecular complexity index is 518. The molecular formula is C13H22N2O3S2. The molecule has 1 aromatic carbocycles. The number of unbranched alkanes of at least 4 members (excludes halogenated alkanes) is 2. The highest BCUT2D eigenvalue weighted by atomic mass is 32.2. The van der Waals surface area contributed by atoms with Crippen molar-refractivity contribution in [1.29, 1.82) is 0 Å². The third-order valence-electron chi connectivity index (χ3n) is 2.82. The molecule has 0 saturated heterocycles. The van der Waals surface area contributed by atoms with Crippen LogP contribution in [0.4, 0.5) is 5.69 Å². The maximum atomic E-state index is 12.1. The summed E-state index contributed by atoms with van der Waals surface area (Å²) in [6.07, 6.45) is 5.01. The van der Waals surface area contributed by atoms with Crippen LogP contribution >= 0.6 is 11.8 Å². The highest BCUT2D eigenvalue weighted by Crippen LogP contribution is 2.23. The summed E-state index contributed by atoms with van der Waals surface area (Å²) < 4.78 is 31.8.